The van der Waals surface area contributed by atoms with Crippen LogP contribution < -0.4 is 5.32 Å². The van der Waals surface area contributed by atoms with Gasteiger partial charge in [-0.2, -0.15) is 0 Å². The minimum atomic E-state index is -0.591. The first-order chi connectivity index (χ1) is 10.6. The van der Waals surface area contributed by atoms with Crippen LogP contribution >= 0.6 is 23.2 Å². The molecule has 6 heteroatoms. The summed E-state index contributed by atoms with van der Waals surface area (Å²) in [5.74, 6) is -0.325. The van der Waals surface area contributed by atoms with Gasteiger partial charge in [0.25, 0.3) is 5.91 Å². The van der Waals surface area contributed by atoms with Crippen molar-refractivity contribution in [3.8, 4) is 0 Å². The molecule has 22 heavy (non-hydrogen) atoms. The second-order valence-electron chi connectivity index (χ2n) is 5.51. The first-order valence-corrected chi connectivity index (χ1v) is 8.20. The molecule has 1 aromatic rings. The molecule has 0 spiro atoms. The van der Waals surface area contributed by atoms with Crippen LogP contribution in [0.2, 0.25) is 10.0 Å². The second kappa shape index (κ2) is 8.39. The highest BCUT2D eigenvalue weighted by atomic mass is 35.5. The van der Waals surface area contributed by atoms with E-state index in [1.54, 1.807) is 0 Å². The number of rotatable bonds is 5. The molecule has 120 valence electrons. The summed E-state index contributed by atoms with van der Waals surface area (Å²) in [6, 6.07) is 4.45. The van der Waals surface area contributed by atoms with Gasteiger partial charge < -0.3 is 10.1 Å². The van der Waals surface area contributed by atoms with Gasteiger partial charge in [0.15, 0.2) is 6.61 Å². The Balaban J connectivity index is 1.73. The number of hydrogen-bond donors (Lipinski definition) is 1. The Labute approximate surface area is 140 Å². The Morgan fingerprint density at radius 1 is 1.14 bits per heavy atom. The van der Waals surface area contributed by atoms with E-state index in [9.17, 15) is 9.59 Å². The predicted molar refractivity (Wildman–Crippen MR) is 86.3 cm³/mol. The Bertz CT molecular complexity index is 542. The summed E-state index contributed by atoms with van der Waals surface area (Å²) >= 11 is 11.6. The molecule has 2 rings (SSSR count). The maximum absolute atomic E-state index is 11.8. The molecule has 0 unspecified atom stereocenters. The number of halogens is 2. The molecule has 1 amide bonds. The molecule has 1 saturated carbocycles. The van der Waals surface area contributed by atoms with Gasteiger partial charge in [-0.3, -0.25) is 4.79 Å². The maximum atomic E-state index is 11.8. The van der Waals surface area contributed by atoms with Crippen molar-refractivity contribution < 1.29 is 14.3 Å². The second-order valence-corrected chi connectivity index (χ2v) is 6.33. The number of ether oxygens (including phenoxy) is 1. The molecule has 1 aliphatic carbocycles. The van der Waals surface area contributed by atoms with Gasteiger partial charge in [0.2, 0.25) is 0 Å². The Kier molecular flexibility index (Phi) is 6.52. The Morgan fingerprint density at radius 3 is 2.55 bits per heavy atom. The first-order valence-electron chi connectivity index (χ1n) is 7.45. The van der Waals surface area contributed by atoms with Crippen LogP contribution in [0.1, 0.15) is 42.5 Å². The van der Waals surface area contributed by atoms with Crippen molar-refractivity contribution in [3.05, 3.63) is 33.8 Å². The van der Waals surface area contributed by atoms with E-state index in [2.05, 4.69) is 5.32 Å². The van der Waals surface area contributed by atoms with Crippen molar-refractivity contribution in [3.63, 3.8) is 0 Å². The van der Waals surface area contributed by atoms with Crippen LogP contribution in [0.4, 0.5) is 0 Å². The number of amides is 1. The molecule has 4 nitrogen and oxygen atoms in total. The van der Waals surface area contributed by atoms with Gasteiger partial charge in [-0.15, -0.1) is 0 Å². The van der Waals surface area contributed by atoms with Crippen molar-refractivity contribution in [1.82, 2.24) is 5.32 Å². The molecule has 0 aromatic heterocycles. The van der Waals surface area contributed by atoms with Crippen molar-refractivity contribution in [1.29, 1.82) is 0 Å². The summed E-state index contributed by atoms with van der Waals surface area (Å²) in [7, 11) is 0. The number of carbonyl (C=O) groups is 2. The molecule has 0 radical (unpaired) electrons. The van der Waals surface area contributed by atoms with E-state index in [-0.39, 0.29) is 23.1 Å². The smallest absolute Gasteiger partial charge is 0.338 e. The van der Waals surface area contributed by atoms with Gasteiger partial charge in [0, 0.05) is 6.54 Å². The predicted octanol–water partition coefficient (Wildman–Crippen LogP) is 3.85. The number of nitrogens with one attached hydrogen (secondary N) is 1. The Hall–Kier alpha value is -1.26. The van der Waals surface area contributed by atoms with E-state index in [1.807, 2.05) is 0 Å². The molecule has 1 N–H and O–H groups in total. The largest absolute Gasteiger partial charge is 0.452 e. The van der Waals surface area contributed by atoms with Crippen molar-refractivity contribution in [2.45, 2.75) is 32.1 Å². The summed E-state index contributed by atoms with van der Waals surface area (Å²) < 4.78 is 4.97. The lowest BCUT2D eigenvalue weighted by Crippen LogP contribution is -2.33. The lowest BCUT2D eigenvalue weighted by Gasteiger charge is -2.21. The lowest BCUT2D eigenvalue weighted by molar-refractivity contribution is -0.124. The lowest BCUT2D eigenvalue weighted by atomic mass is 9.89. The third-order valence-electron chi connectivity index (χ3n) is 3.80. The van der Waals surface area contributed by atoms with E-state index >= 15 is 0 Å². The third-order valence-corrected chi connectivity index (χ3v) is 4.54. The highest BCUT2D eigenvalue weighted by Crippen LogP contribution is 2.23. The van der Waals surface area contributed by atoms with Gasteiger partial charge in [-0.1, -0.05) is 42.5 Å². The minimum absolute atomic E-state index is 0.273. The fourth-order valence-corrected chi connectivity index (χ4v) is 2.84. The molecule has 0 atom stereocenters. The van der Waals surface area contributed by atoms with Crippen LogP contribution in [0.3, 0.4) is 0 Å². The maximum Gasteiger partial charge on any atom is 0.338 e. The topological polar surface area (TPSA) is 55.4 Å². The summed E-state index contributed by atoms with van der Waals surface area (Å²) in [6.45, 7) is 0.370. The number of carbonyl (C=O) groups excluding carboxylic acids is 2. The summed E-state index contributed by atoms with van der Waals surface area (Å²) in [6.07, 6.45) is 6.05. The van der Waals surface area contributed by atoms with E-state index in [4.69, 9.17) is 27.9 Å². The standard InChI is InChI=1S/C16H19Cl2NO3/c17-13-7-6-12(8-14(13)18)16(21)22-10-15(20)19-9-11-4-2-1-3-5-11/h6-8,11H,1-5,9-10H2,(H,19,20). The van der Waals surface area contributed by atoms with Gasteiger partial charge in [0.1, 0.15) is 0 Å². The fraction of sp³-hybridized carbons (Fsp3) is 0.500. The summed E-state index contributed by atoms with van der Waals surface area (Å²) in [5.41, 5.74) is 0.273. The van der Waals surface area contributed by atoms with Crippen molar-refractivity contribution in [2.24, 2.45) is 5.92 Å². The molecule has 1 fully saturated rings. The van der Waals surface area contributed by atoms with Gasteiger partial charge in [-0.05, 0) is 37.0 Å². The Morgan fingerprint density at radius 2 is 1.86 bits per heavy atom. The highest BCUT2D eigenvalue weighted by Gasteiger charge is 2.15. The highest BCUT2D eigenvalue weighted by molar-refractivity contribution is 6.42. The number of esters is 1. The zero-order chi connectivity index (χ0) is 15.9. The average Bonchev–Trinajstić information content (AvgIpc) is 2.54. The third kappa shape index (κ3) is 5.18. The van der Waals surface area contributed by atoms with Crippen LogP contribution in [0, 0.1) is 5.92 Å². The van der Waals surface area contributed by atoms with E-state index in [1.165, 1.54) is 37.5 Å². The monoisotopic (exact) mass is 343 g/mol. The van der Waals surface area contributed by atoms with Crippen LogP contribution in [0.5, 0.6) is 0 Å². The van der Waals surface area contributed by atoms with E-state index in [0.717, 1.165) is 12.8 Å². The normalized spacial score (nSPS) is 15.4. The molecular formula is C16H19Cl2NO3. The van der Waals surface area contributed by atoms with Gasteiger partial charge in [-0.25, -0.2) is 4.79 Å². The molecule has 1 aliphatic rings. The van der Waals surface area contributed by atoms with Crippen LogP contribution in [-0.4, -0.2) is 25.0 Å². The fourth-order valence-electron chi connectivity index (χ4n) is 2.54. The first kappa shape index (κ1) is 17.1. The van der Waals surface area contributed by atoms with Gasteiger partial charge >= 0.3 is 5.97 Å². The number of benzene rings is 1. The van der Waals surface area contributed by atoms with Crippen LogP contribution in [0.25, 0.3) is 0 Å². The molecule has 1 aromatic carbocycles. The minimum Gasteiger partial charge on any atom is -0.452 e. The quantitative estimate of drug-likeness (QED) is 0.826. The zero-order valence-corrected chi connectivity index (χ0v) is 13.8. The van der Waals surface area contributed by atoms with Gasteiger partial charge in [0.05, 0.1) is 15.6 Å². The number of hydrogen-bond acceptors (Lipinski definition) is 3. The van der Waals surface area contributed by atoms with Crippen LogP contribution in [-0.2, 0) is 9.53 Å². The molecule has 0 heterocycles. The SMILES string of the molecule is O=C(COC(=O)c1ccc(Cl)c(Cl)c1)NCC1CCCCC1. The molecular weight excluding hydrogens is 325 g/mol. The van der Waals surface area contributed by atoms with Crippen molar-refractivity contribution >= 4 is 35.1 Å². The summed E-state index contributed by atoms with van der Waals surface area (Å²) in [4.78, 5) is 23.5. The van der Waals surface area contributed by atoms with Crippen LogP contribution in [0.15, 0.2) is 18.2 Å². The molecule has 0 bridgehead atoms. The van der Waals surface area contributed by atoms with E-state index in [0.29, 0.717) is 17.5 Å². The molecule has 0 saturated heterocycles. The van der Waals surface area contributed by atoms with Crippen molar-refractivity contribution in [2.75, 3.05) is 13.2 Å². The zero-order valence-electron chi connectivity index (χ0n) is 12.2. The molecule has 0 aliphatic heterocycles. The van der Waals surface area contributed by atoms with E-state index < -0.39 is 5.97 Å². The average molecular weight is 344 g/mol. The summed E-state index contributed by atoms with van der Waals surface area (Å²) in [5, 5.41) is 3.46.